The molecule has 0 saturated carbocycles. The Morgan fingerprint density at radius 3 is 2.49 bits per heavy atom. The van der Waals surface area contributed by atoms with Gasteiger partial charge >= 0.3 is 5.97 Å². The first kappa shape index (κ1) is 27.5. The normalized spacial score (nSPS) is 18.4. The summed E-state index contributed by atoms with van der Waals surface area (Å²) in [5, 5.41) is 3.35. The number of carbonyl (C=O) groups is 2. The summed E-state index contributed by atoms with van der Waals surface area (Å²) in [4.78, 5) is 29.5. The highest BCUT2D eigenvalue weighted by atomic mass is 32.2. The molecule has 0 bridgehead atoms. The molecule has 1 unspecified atom stereocenters. The van der Waals surface area contributed by atoms with Gasteiger partial charge in [-0.2, -0.15) is 4.31 Å². The van der Waals surface area contributed by atoms with Crippen LogP contribution in [0.3, 0.4) is 0 Å². The topological polar surface area (TPSA) is 96.0 Å². The molecule has 1 N–H and O–H groups in total. The lowest BCUT2D eigenvalue weighted by Crippen LogP contribution is -2.41. The molecule has 2 aromatic carbocycles. The van der Waals surface area contributed by atoms with E-state index >= 15 is 0 Å². The Labute approximate surface area is 233 Å². The van der Waals surface area contributed by atoms with Gasteiger partial charge < -0.3 is 10.1 Å². The van der Waals surface area contributed by atoms with Crippen LogP contribution in [0.4, 0.5) is 5.00 Å². The number of anilines is 1. The molecule has 2 aliphatic rings. The summed E-state index contributed by atoms with van der Waals surface area (Å²) in [5.41, 5.74) is 2.86. The number of fused-ring (bicyclic) bond motifs is 1. The molecule has 206 valence electrons. The molecule has 5 rings (SSSR count). The van der Waals surface area contributed by atoms with Crippen LogP contribution in [-0.4, -0.2) is 55.7 Å². The number of thiophene rings is 1. The van der Waals surface area contributed by atoms with Crippen LogP contribution in [0, 0.1) is 0 Å². The SMILES string of the molecule is COC(=O)c1c(NC(=O)c2ccc(S(=O)(=O)N3CCCCC3C)cc2)sc2c1CCN(Cc1ccccc1)C2. The van der Waals surface area contributed by atoms with Crippen molar-refractivity contribution < 1.29 is 22.7 Å². The molecule has 0 radical (unpaired) electrons. The Morgan fingerprint density at radius 1 is 1.05 bits per heavy atom. The van der Waals surface area contributed by atoms with E-state index in [4.69, 9.17) is 4.74 Å². The molecular weight excluding hydrogens is 534 g/mol. The second-order valence-corrected chi connectivity index (χ2v) is 13.1. The fourth-order valence-corrected chi connectivity index (χ4v) is 8.33. The van der Waals surface area contributed by atoms with E-state index in [1.54, 1.807) is 4.31 Å². The molecule has 1 aromatic heterocycles. The van der Waals surface area contributed by atoms with Crippen LogP contribution >= 0.6 is 11.3 Å². The van der Waals surface area contributed by atoms with Gasteiger partial charge in [-0.3, -0.25) is 9.69 Å². The Hall–Kier alpha value is -3.05. The molecule has 3 aromatic rings. The Kier molecular flexibility index (Phi) is 8.18. The van der Waals surface area contributed by atoms with Gasteiger partial charge in [0.25, 0.3) is 5.91 Å². The Morgan fingerprint density at radius 2 is 1.79 bits per heavy atom. The number of methoxy groups -OCH3 is 1. The number of ether oxygens (including phenoxy) is 1. The second kappa shape index (κ2) is 11.6. The molecule has 1 fully saturated rings. The summed E-state index contributed by atoms with van der Waals surface area (Å²) in [6.45, 7) is 4.71. The summed E-state index contributed by atoms with van der Waals surface area (Å²) < 4.78 is 32.9. The fraction of sp³-hybridized carbons (Fsp3) is 0.379. The monoisotopic (exact) mass is 567 g/mol. The van der Waals surface area contributed by atoms with Gasteiger partial charge in [-0.15, -0.1) is 11.3 Å². The number of sulfonamides is 1. The van der Waals surface area contributed by atoms with E-state index in [9.17, 15) is 18.0 Å². The lowest BCUT2D eigenvalue weighted by Gasteiger charge is -2.32. The fourth-order valence-electron chi connectivity index (χ4n) is 5.36. The highest BCUT2D eigenvalue weighted by Gasteiger charge is 2.32. The molecule has 2 aliphatic heterocycles. The third-order valence-corrected chi connectivity index (χ3v) is 10.6. The van der Waals surface area contributed by atoms with Crippen LogP contribution in [0.15, 0.2) is 59.5 Å². The number of nitrogens with one attached hydrogen (secondary N) is 1. The number of carbonyl (C=O) groups excluding carboxylic acids is 2. The van der Waals surface area contributed by atoms with Gasteiger partial charge in [0.1, 0.15) is 5.00 Å². The van der Waals surface area contributed by atoms with Crippen LogP contribution < -0.4 is 5.32 Å². The van der Waals surface area contributed by atoms with Gasteiger partial charge in [-0.1, -0.05) is 36.8 Å². The average Bonchev–Trinajstić information content (AvgIpc) is 3.30. The van der Waals surface area contributed by atoms with Crippen molar-refractivity contribution in [2.45, 2.75) is 56.6 Å². The molecule has 3 heterocycles. The number of hydrogen-bond donors (Lipinski definition) is 1. The summed E-state index contributed by atoms with van der Waals surface area (Å²) >= 11 is 1.39. The molecule has 10 heteroatoms. The third kappa shape index (κ3) is 5.79. The molecule has 1 atom stereocenters. The van der Waals surface area contributed by atoms with Crippen molar-refractivity contribution >= 4 is 38.2 Å². The second-order valence-electron chi connectivity index (χ2n) is 10.1. The molecule has 0 aliphatic carbocycles. The minimum Gasteiger partial charge on any atom is -0.465 e. The Bertz CT molecular complexity index is 1450. The molecule has 8 nitrogen and oxygen atoms in total. The number of amides is 1. The summed E-state index contributed by atoms with van der Waals surface area (Å²) in [7, 11) is -2.29. The molecular formula is C29H33N3O5S2. The Balaban J connectivity index is 1.34. The maximum Gasteiger partial charge on any atom is 0.341 e. The van der Waals surface area contributed by atoms with E-state index in [2.05, 4.69) is 22.3 Å². The number of nitrogens with zero attached hydrogens (tertiary/aromatic N) is 2. The van der Waals surface area contributed by atoms with Crippen LogP contribution in [0.5, 0.6) is 0 Å². The maximum absolute atomic E-state index is 13.2. The predicted molar refractivity (Wildman–Crippen MR) is 152 cm³/mol. The van der Waals surface area contributed by atoms with Crippen molar-refractivity contribution in [3.8, 4) is 0 Å². The lowest BCUT2D eigenvalue weighted by molar-refractivity contribution is 0.0600. The van der Waals surface area contributed by atoms with Gasteiger partial charge in [0, 0.05) is 42.7 Å². The minimum atomic E-state index is -3.63. The smallest absolute Gasteiger partial charge is 0.341 e. The molecule has 39 heavy (non-hydrogen) atoms. The zero-order valence-corrected chi connectivity index (χ0v) is 23.8. The first-order chi connectivity index (χ1) is 18.8. The van der Waals surface area contributed by atoms with Crippen LogP contribution in [0.2, 0.25) is 0 Å². The predicted octanol–water partition coefficient (Wildman–Crippen LogP) is 4.91. The highest BCUT2D eigenvalue weighted by Crippen LogP contribution is 2.38. The number of rotatable bonds is 7. The van der Waals surface area contributed by atoms with Gasteiger partial charge in [-0.25, -0.2) is 13.2 Å². The zero-order chi connectivity index (χ0) is 27.6. The van der Waals surface area contributed by atoms with E-state index < -0.39 is 21.9 Å². The number of esters is 1. The zero-order valence-electron chi connectivity index (χ0n) is 22.2. The van der Waals surface area contributed by atoms with Crippen molar-refractivity contribution in [2.75, 3.05) is 25.5 Å². The summed E-state index contributed by atoms with van der Waals surface area (Å²) in [5.74, 6) is -0.883. The van der Waals surface area contributed by atoms with E-state index in [0.29, 0.717) is 35.6 Å². The van der Waals surface area contributed by atoms with Crippen LogP contribution in [0.25, 0.3) is 0 Å². The van der Waals surface area contributed by atoms with Crippen molar-refractivity contribution in [3.63, 3.8) is 0 Å². The quantitative estimate of drug-likeness (QED) is 0.408. The molecule has 0 spiro atoms. The molecule has 1 amide bonds. The van der Waals surface area contributed by atoms with Crippen molar-refractivity contribution in [1.29, 1.82) is 0 Å². The first-order valence-electron chi connectivity index (χ1n) is 13.2. The van der Waals surface area contributed by atoms with Crippen molar-refractivity contribution in [2.24, 2.45) is 0 Å². The number of benzene rings is 2. The largest absolute Gasteiger partial charge is 0.465 e. The summed E-state index contributed by atoms with van der Waals surface area (Å²) in [6, 6.07) is 16.2. The van der Waals surface area contributed by atoms with E-state index in [1.807, 2.05) is 25.1 Å². The van der Waals surface area contributed by atoms with E-state index in [1.165, 1.54) is 48.3 Å². The highest BCUT2D eigenvalue weighted by molar-refractivity contribution is 7.89. The van der Waals surface area contributed by atoms with Gasteiger partial charge in [-0.05, 0) is 61.6 Å². The van der Waals surface area contributed by atoms with Gasteiger partial charge in [0.05, 0.1) is 17.6 Å². The number of piperidine rings is 1. The van der Waals surface area contributed by atoms with E-state index in [0.717, 1.165) is 42.8 Å². The van der Waals surface area contributed by atoms with Gasteiger partial charge in [0.15, 0.2) is 0 Å². The van der Waals surface area contributed by atoms with Crippen LogP contribution in [0.1, 0.15) is 62.9 Å². The summed E-state index contributed by atoms with van der Waals surface area (Å²) in [6.07, 6.45) is 3.40. The van der Waals surface area contributed by atoms with Gasteiger partial charge in [0.2, 0.25) is 10.0 Å². The van der Waals surface area contributed by atoms with Crippen molar-refractivity contribution in [1.82, 2.24) is 9.21 Å². The maximum atomic E-state index is 13.2. The first-order valence-corrected chi connectivity index (χ1v) is 15.5. The third-order valence-electron chi connectivity index (χ3n) is 7.47. The van der Waals surface area contributed by atoms with Crippen molar-refractivity contribution in [3.05, 3.63) is 81.7 Å². The average molecular weight is 568 g/mol. The molecule has 1 saturated heterocycles. The van der Waals surface area contributed by atoms with E-state index in [-0.39, 0.29) is 10.9 Å². The minimum absolute atomic E-state index is 0.0445. The lowest BCUT2D eigenvalue weighted by atomic mass is 10.0. The number of hydrogen-bond acceptors (Lipinski definition) is 7. The van der Waals surface area contributed by atoms with Crippen LogP contribution in [-0.2, 0) is 34.3 Å². The standard InChI is InChI=1S/C29H33N3O5S2/c1-20-8-6-7-16-32(20)39(35,36)23-13-11-22(12-14-23)27(33)30-28-26(29(34)37-2)24-15-17-31(19-25(24)38-28)18-21-9-4-3-5-10-21/h3-5,9-14,20H,6-8,15-19H2,1-2H3,(H,30,33).